The average molecular weight is 303 g/mol. The molecule has 1 aliphatic rings. The lowest BCUT2D eigenvalue weighted by molar-refractivity contribution is -0.131. The van der Waals surface area contributed by atoms with Gasteiger partial charge in [-0.15, -0.1) is 0 Å². The van der Waals surface area contributed by atoms with E-state index in [-0.39, 0.29) is 30.9 Å². The van der Waals surface area contributed by atoms with Gasteiger partial charge in [0.25, 0.3) is 0 Å². The smallest absolute Gasteiger partial charge is 0.241 e. The summed E-state index contributed by atoms with van der Waals surface area (Å²) in [7, 11) is 0. The molecule has 1 saturated heterocycles. The van der Waals surface area contributed by atoms with Crippen molar-refractivity contribution in [2.45, 2.75) is 32.7 Å². The fourth-order valence-electron chi connectivity index (χ4n) is 2.65. The van der Waals surface area contributed by atoms with E-state index in [1.165, 1.54) is 0 Å². The third kappa shape index (κ3) is 4.48. The van der Waals surface area contributed by atoms with Gasteiger partial charge in [0.2, 0.25) is 11.8 Å². The molecule has 1 N–H and O–H groups in total. The number of para-hydroxylation sites is 1. The van der Waals surface area contributed by atoms with Crippen LogP contribution in [-0.2, 0) is 9.59 Å². The van der Waals surface area contributed by atoms with Gasteiger partial charge in [-0.25, -0.2) is 0 Å². The van der Waals surface area contributed by atoms with Gasteiger partial charge in [-0.3, -0.25) is 9.59 Å². The summed E-state index contributed by atoms with van der Waals surface area (Å²) in [6.07, 6.45) is 2.13. The number of hydrogen-bond acceptors (Lipinski definition) is 3. The van der Waals surface area contributed by atoms with Crippen LogP contribution >= 0.6 is 0 Å². The molecule has 22 heavy (non-hydrogen) atoms. The van der Waals surface area contributed by atoms with E-state index < -0.39 is 0 Å². The van der Waals surface area contributed by atoms with Crippen LogP contribution in [-0.4, -0.2) is 48.9 Å². The number of benzene rings is 1. The fourth-order valence-corrected chi connectivity index (χ4v) is 2.65. The standard InChI is InChI=1S/C17H25N3O2/c1-14(2)20(15-8-4-3-5-9-15)13-16(21)18-12-17(22)19-10-6-7-11-19/h3-5,8-9,14H,6-7,10-13H2,1-2H3,(H,18,21). The van der Waals surface area contributed by atoms with Crippen LogP contribution in [0.4, 0.5) is 5.69 Å². The third-order valence-corrected chi connectivity index (χ3v) is 3.92. The Labute approximate surface area is 132 Å². The number of nitrogens with zero attached hydrogens (tertiary/aromatic N) is 2. The average Bonchev–Trinajstić information content (AvgIpc) is 3.05. The van der Waals surface area contributed by atoms with Crippen molar-refractivity contribution >= 4 is 17.5 Å². The topological polar surface area (TPSA) is 52.7 Å². The Balaban J connectivity index is 1.85. The molecule has 2 rings (SSSR count). The molecule has 1 aliphatic heterocycles. The summed E-state index contributed by atoms with van der Waals surface area (Å²) in [5, 5.41) is 2.74. The van der Waals surface area contributed by atoms with Gasteiger partial charge in [0, 0.05) is 24.8 Å². The van der Waals surface area contributed by atoms with Crippen molar-refractivity contribution in [2.24, 2.45) is 0 Å². The van der Waals surface area contributed by atoms with Crippen LogP contribution < -0.4 is 10.2 Å². The first kappa shape index (κ1) is 16.3. The van der Waals surface area contributed by atoms with E-state index in [0.717, 1.165) is 31.6 Å². The molecule has 5 heteroatoms. The SMILES string of the molecule is CC(C)N(CC(=O)NCC(=O)N1CCCC1)c1ccccc1. The van der Waals surface area contributed by atoms with Gasteiger partial charge in [-0.05, 0) is 38.8 Å². The predicted molar refractivity (Wildman–Crippen MR) is 87.7 cm³/mol. The van der Waals surface area contributed by atoms with Gasteiger partial charge in [0.15, 0.2) is 0 Å². The molecule has 1 aromatic carbocycles. The van der Waals surface area contributed by atoms with Crippen molar-refractivity contribution in [3.05, 3.63) is 30.3 Å². The number of amides is 2. The van der Waals surface area contributed by atoms with Crippen LogP contribution in [0.15, 0.2) is 30.3 Å². The lowest BCUT2D eigenvalue weighted by atomic mass is 10.2. The van der Waals surface area contributed by atoms with Gasteiger partial charge in [-0.1, -0.05) is 18.2 Å². The molecule has 0 atom stereocenters. The Hall–Kier alpha value is -2.04. The second-order valence-electron chi connectivity index (χ2n) is 5.92. The first-order valence-corrected chi connectivity index (χ1v) is 7.94. The molecule has 0 spiro atoms. The second-order valence-corrected chi connectivity index (χ2v) is 5.92. The highest BCUT2D eigenvalue weighted by molar-refractivity contribution is 5.87. The Bertz CT molecular complexity index is 496. The van der Waals surface area contributed by atoms with Crippen molar-refractivity contribution in [1.29, 1.82) is 0 Å². The van der Waals surface area contributed by atoms with Crippen LogP contribution in [0.1, 0.15) is 26.7 Å². The van der Waals surface area contributed by atoms with Crippen molar-refractivity contribution in [3.8, 4) is 0 Å². The van der Waals surface area contributed by atoms with Crippen molar-refractivity contribution in [1.82, 2.24) is 10.2 Å². The maximum Gasteiger partial charge on any atom is 0.241 e. The molecule has 0 saturated carbocycles. The zero-order valence-corrected chi connectivity index (χ0v) is 13.4. The summed E-state index contributed by atoms with van der Waals surface area (Å²) in [5.41, 5.74) is 1.01. The Morgan fingerprint density at radius 3 is 2.41 bits per heavy atom. The van der Waals surface area contributed by atoms with Crippen molar-refractivity contribution in [2.75, 3.05) is 31.1 Å². The number of nitrogens with one attached hydrogen (secondary N) is 1. The molecule has 0 aromatic heterocycles. The number of carbonyl (C=O) groups excluding carboxylic acids is 2. The fraction of sp³-hybridized carbons (Fsp3) is 0.529. The molecule has 0 unspecified atom stereocenters. The molecule has 1 heterocycles. The zero-order valence-electron chi connectivity index (χ0n) is 13.4. The van der Waals surface area contributed by atoms with E-state index in [9.17, 15) is 9.59 Å². The summed E-state index contributed by atoms with van der Waals surface area (Å²) in [4.78, 5) is 27.9. The van der Waals surface area contributed by atoms with E-state index in [1.54, 1.807) is 0 Å². The van der Waals surface area contributed by atoms with Crippen LogP contribution in [0.5, 0.6) is 0 Å². The van der Waals surface area contributed by atoms with Crippen molar-refractivity contribution < 1.29 is 9.59 Å². The summed E-state index contributed by atoms with van der Waals surface area (Å²) < 4.78 is 0. The van der Waals surface area contributed by atoms with Gasteiger partial charge in [0.1, 0.15) is 0 Å². The molecular formula is C17H25N3O2. The second kappa shape index (κ2) is 7.82. The molecule has 0 aliphatic carbocycles. The highest BCUT2D eigenvalue weighted by atomic mass is 16.2. The van der Waals surface area contributed by atoms with E-state index in [2.05, 4.69) is 19.2 Å². The molecule has 0 bridgehead atoms. The Kier molecular flexibility index (Phi) is 5.81. The number of rotatable bonds is 6. The lowest BCUT2D eigenvalue weighted by Crippen LogP contribution is -2.44. The minimum atomic E-state index is -0.120. The van der Waals surface area contributed by atoms with E-state index in [0.29, 0.717) is 0 Å². The highest BCUT2D eigenvalue weighted by Gasteiger charge is 2.19. The molecule has 0 radical (unpaired) electrons. The predicted octanol–water partition coefficient (Wildman–Crippen LogP) is 1.64. The van der Waals surface area contributed by atoms with E-state index >= 15 is 0 Å². The summed E-state index contributed by atoms with van der Waals surface area (Å²) in [6.45, 7) is 6.09. The number of carbonyl (C=O) groups is 2. The maximum atomic E-state index is 12.1. The van der Waals surface area contributed by atoms with Gasteiger partial charge >= 0.3 is 0 Å². The molecule has 2 amide bonds. The van der Waals surface area contributed by atoms with Gasteiger partial charge < -0.3 is 15.1 Å². The monoisotopic (exact) mass is 303 g/mol. The minimum Gasteiger partial charge on any atom is -0.360 e. The summed E-state index contributed by atoms with van der Waals surface area (Å²) >= 11 is 0. The zero-order chi connectivity index (χ0) is 15.9. The first-order chi connectivity index (χ1) is 10.6. The van der Waals surface area contributed by atoms with E-state index in [4.69, 9.17) is 0 Å². The van der Waals surface area contributed by atoms with Crippen LogP contribution in [0.2, 0.25) is 0 Å². The summed E-state index contributed by atoms with van der Waals surface area (Å²) in [5.74, 6) is -0.105. The highest BCUT2D eigenvalue weighted by Crippen LogP contribution is 2.15. The van der Waals surface area contributed by atoms with Crippen molar-refractivity contribution in [3.63, 3.8) is 0 Å². The minimum absolute atomic E-state index is 0.0154. The Morgan fingerprint density at radius 2 is 1.82 bits per heavy atom. The van der Waals surface area contributed by atoms with Crippen LogP contribution in [0.3, 0.4) is 0 Å². The molecule has 1 fully saturated rings. The van der Waals surface area contributed by atoms with Gasteiger partial charge in [0.05, 0.1) is 13.1 Å². The van der Waals surface area contributed by atoms with Crippen LogP contribution in [0.25, 0.3) is 0 Å². The molecule has 5 nitrogen and oxygen atoms in total. The Morgan fingerprint density at radius 1 is 1.18 bits per heavy atom. The number of likely N-dealkylation sites (tertiary alicyclic amines) is 1. The number of hydrogen-bond donors (Lipinski definition) is 1. The normalized spacial score (nSPS) is 14.2. The van der Waals surface area contributed by atoms with Gasteiger partial charge in [-0.2, -0.15) is 0 Å². The summed E-state index contributed by atoms with van der Waals surface area (Å²) in [6, 6.07) is 10.1. The first-order valence-electron chi connectivity index (χ1n) is 7.94. The van der Waals surface area contributed by atoms with Crippen LogP contribution in [0, 0.1) is 0 Å². The number of anilines is 1. The quantitative estimate of drug-likeness (QED) is 0.869. The third-order valence-electron chi connectivity index (χ3n) is 3.92. The molecule has 120 valence electrons. The lowest BCUT2D eigenvalue weighted by Gasteiger charge is -2.28. The molecule has 1 aromatic rings. The molecular weight excluding hydrogens is 278 g/mol. The maximum absolute atomic E-state index is 12.1. The van der Waals surface area contributed by atoms with E-state index in [1.807, 2.05) is 40.1 Å². The largest absolute Gasteiger partial charge is 0.360 e.